The van der Waals surface area contributed by atoms with E-state index in [1.54, 1.807) is 19.5 Å². The van der Waals surface area contributed by atoms with E-state index < -0.39 is 19.9 Å². The van der Waals surface area contributed by atoms with Crippen LogP contribution in [0.3, 0.4) is 0 Å². The number of hydrogen-bond donors (Lipinski definition) is 2. The number of primary amides is 1. The minimum atomic E-state index is -1.94. The zero-order valence-electron chi connectivity index (χ0n) is 24.3. The van der Waals surface area contributed by atoms with Crippen molar-refractivity contribution in [2.45, 2.75) is 70.9 Å². The molecule has 212 valence electrons. The maximum absolute atomic E-state index is 11.4. The third kappa shape index (κ3) is 6.11. The molecule has 0 aromatic carbocycles. The predicted octanol–water partition coefficient (Wildman–Crippen LogP) is 5.25. The van der Waals surface area contributed by atoms with Crippen molar-refractivity contribution in [2.75, 3.05) is 32.2 Å². The molecule has 1 aliphatic heterocycles. The fourth-order valence-electron chi connectivity index (χ4n) is 4.56. The molecular weight excluding hydrogens is 514 g/mol. The molecule has 3 aromatic rings. The maximum atomic E-state index is 11.4. The molecule has 0 radical (unpaired) electrons. The van der Waals surface area contributed by atoms with E-state index in [1.165, 1.54) is 0 Å². The number of urea groups is 1. The highest BCUT2D eigenvalue weighted by molar-refractivity contribution is 6.74. The summed E-state index contributed by atoms with van der Waals surface area (Å²) in [6, 6.07) is 7.01. The van der Waals surface area contributed by atoms with Crippen molar-refractivity contribution in [1.82, 2.24) is 14.4 Å². The number of pyridine rings is 1. The van der Waals surface area contributed by atoms with Crippen molar-refractivity contribution in [3.8, 4) is 17.0 Å². The Bertz CT molecular complexity index is 1340. The molecule has 0 unspecified atom stereocenters. The summed E-state index contributed by atoms with van der Waals surface area (Å²) < 4.78 is 26.5. The van der Waals surface area contributed by atoms with E-state index in [0.717, 1.165) is 22.5 Å². The molecule has 11 heteroatoms. The average molecular weight is 556 g/mol. The molecule has 2 amide bonds. The van der Waals surface area contributed by atoms with Crippen LogP contribution in [-0.4, -0.2) is 61.8 Å². The van der Waals surface area contributed by atoms with Crippen molar-refractivity contribution in [3.63, 3.8) is 0 Å². The van der Waals surface area contributed by atoms with Gasteiger partial charge >= 0.3 is 6.03 Å². The quantitative estimate of drug-likeness (QED) is 0.346. The van der Waals surface area contributed by atoms with E-state index in [0.29, 0.717) is 43.5 Å². The number of amides is 2. The van der Waals surface area contributed by atoms with E-state index in [2.05, 4.69) is 51.1 Å². The average Bonchev–Trinajstić information content (AvgIpc) is 3.47. The van der Waals surface area contributed by atoms with Crippen molar-refractivity contribution in [1.29, 1.82) is 0 Å². The number of fused-ring (bicyclic) bond motifs is 1. The lowest BCUT2D eigenvalue weighted by Gasteiger charge is -2.38. The monoisotopic (exact) mass is 555 g/mol. The third-order valence-electron chi connectivity index (χ3n) is 7.81. The lowest BCUT2D eigenvalue weighted by molar-refractivity contribution is -0.0247. The van der Waals surface area contributed by atoms with Gasteiger partial charge in [0, 0.05) is 49.6 Å². The molecule has 10 nitrogen and oxygen atoms in total. The number of aromatic nitrogens is 3. The molecule has 3 aromatic heterocycles. The molecular formula is C28H41N5O5Si. The summed E-state index contributed by atoms with van der Waals surface area (Å²) in [5, 5.41) is 2.66. The number of carbonyl (C=O) groups excluding carboxylic acids is 1. The summed E-state index contributed by atoms with van der Waals surface area (Å²) in [6.45, 7) is 16.6. The van der Waals surface area contributed by atoms with Crippen LogP contribution in [0.1, 0.15) is 45.5 Å². The van der Waals surface area contributed by atoms with Crippen LogP contribution in [0.4, 0.5) is 10.6 Å². The van der Waals surface area contributed by atoms with Crippen LogP contribution < -0.4 is 15.8 Å². The third-order valence-corrected chi connectivity index (χ3v) is 12.4. The second-order valence-electron chi connectivity index (χ2n) is 11.8. The number of hydrogen-bond acceptors (Lipinski definition) is 7. The van der Waals surface area contributed by atoms with Crippen LogP contribution in [0, 0.1) is 6.92 Å². The van der Waals surface area contributed by atoms with Crippen molar-refractivity contribution in [3.05, 3.63) is 42.0 Å². The van der Waals surface area contributed by atoms with E-state index in [4.69, 9.17) is 29.4 Å². The zero-order chi connectivity index (χ0) is 28.6. The molecule has 0 saturated carbocycles. The Morgan fingerprint density at radius 2 is 2.03 bits per heavy atom. The topological polar surface area (TPSA) is 122 Å². The van der Waals surface area contributed by atoms with Gasteiger partial charge in [-0.1, -0.05) is 20.8 Å². The molecule has 39 heavy (non-hydrogen) atoms. The number of anilines is 1. The maximum Gasteiger partial charge on any atom is 0.317 e. The summed E-state index contributed by atoms with van der Waals surface area (Å²) in [5.74, 6) is 1.03. The van der Waals surface area contributed by atoms with Crippen molar-refractivity contribution < 1.29 is 23.4 Å². The van der Waals surface area contributed by atoms with Crippen LogP contribution in [-0.2, 0) is 19.5 Å². The van der Waals surface area contributed by atoms with Gasteiger partial charge in [0.15, 0.2) is 8.32 Å². The second-order valence-corrected chi connectivity index (χ2v) is 16.5. The molecule has 0 aliphatic carbocycles. The summed E-state index contributed by atoms with van der Waals surface area (Å²) in [6.07, 6.45) is 2.27. The van der Waals surface area contributed by atoms with E-state index in [9.17, 15) is 4.79 Å². The Balaban J connectivity index is 1.73. The second kappa shape index (κ2) is 10.9. The molecule has 0 bridgehead atoms. The minimum absolute atomic E-state index is 0.0804. The van der Waals surface area contributed by atoms with Gasteiger partial charge < -0.3 is 28.8 Å². The Labute approximate surface area is 231 Å². The van der Waals surface area contributed by atoms with Crippen LogP contribution >= 0.6 is 0 Å². The Hall–Kier alpha value is -2.99. The van der Waals surface area contributed by atoms with Crippen molar-refractivity contribution >= 4 is 25.7 Å². The first-order valence-electron chi connectivity index (χ1n) is 13.3. The van der Waals surface area contributed by atoms with Gasteiger partial charge in [-0.05, 0) is 38.0 Å². The van der Waals surface area contributed by atoms with E-state index >= 15 is 0 Å². The highest BCUT2D eigenvalue weighted by atomic mass is 28.4. The van der Waals surface area contributed by atoms with Gasteiger partial charge in [0.25, 0.3) is 0 Å². The van der Waals surface area contributed by atoms with Gasteiger partial charge in [-0.3, -0.25) is 5.32 Å². The standard InChI is InChI=1S/C28H41N5O5Si/c1-18-11-21(23-14-25(32-26(29)34)30-17-33(18)23)22-12-20(13-24(31-22)28(35-6)9-10-36-16-28)37-15-19(2)38-39(7,8)27(3,4)5/h11-14,17,19H,9-10,15-16H2,1-8H3,(H3,29,32,34)/t19-,28+/m1/s1. The van der Waals surface area contributed by atoms with Gasteiger partial charge in [-0.25, -0.2) is 14.8 Å². The zero-order valence-corrected chi connectivity index (χ0v) is 25.3. The summed E-state index contributed by atoms with van der Waals surface area (Å²) in [4.78, 5) is 20.8. The molecule has 0 spiro atoms. The SMILES string of the molecule is CO[C@@]1(c2cc(OC[C@@H](C)O[Si](C)(C)C(C)(C)C)cc(-c3cc(C)n4cnc(NC(N)=O)cc34)n2)CCOC1. The lowest BCUT2D eigenvalue weighted by Crippen LogP contribution is -2.44. The van der Waals surface area contributed by atoms with Crippen LogP contribution in [0.25, 0.3) is 16.8 Å². The van der Waals surface area contributed by atoms with Crippen molar-refractivity contribution in [2.24, 2.45) is 5.73 Å². The Morgan fingerprint density at radius 3 is 2.64 bits per heavy atom. The molecule has 1 aliphatic rings. The van der Waals surface area contributed by atoms with Gasteiger partial charge in [-0.15, -0.1) is 0 Å². The Kier molecular flexibility index (Phi) is 8.09. The number of nitrogens with zero attached hydrogens (tertiary/aromatic N) is 3. The molecule has 4 heterocycles. The first-order valence-corrected chi connectivity index (χ1v) is 16.2. The molecule has 3 N–H and O–H groups in total. The van der Waals surface area contributed by atoms with E-state index in [1.807, 2.05) is 29.5 Å². The summed E-state index contributed by atoms with van der Waals surface area (Å²) in [7, 11) is -0.256. The number of methoxy groups -OCH3 is 1. The number of ether oxygens (including phenoxy) is 3. The largest absolute Gasteiger partial charge is 0.491 e. The fraction of sp³-hybridized carbons (Fsp3) is 0.536. The highest BCUT2D eigenvalue weighted by Gasteiger charge is 2.40. The minimum Gasteiger partial charge on any atom is -0.491 e. The smallest absolute Gasteiger partial charge is 0.317 e. The summed E-state index contributed by atoms with van der Waals surface area (Å²) >= 11 is 0. The van der Waals surface area contributed by atoms with Crippen LogP contribution in [0.2, 0.25) is 18.1 Å². The normalized spacial score (nSPS) is 18.9. The van der Waals surface area contributed by atoms with Crippen LogP contribution in [0.5, 0.6) is 5.75 Å². The number of carbonyl (C=O) groups is 1. The Morgan fingerprint density at radius 1 is 1.28 bits per heavy atom. The molecule has 1 saturated heterocycles. The van der Waals surface area contributed by atoms with Gasteiger partial charge in [-0.2, -0.15) is 0 Å². The first kappa shape index (κ1) is 29.0. The molecule has 4 rings (SSSR count). The highest BCUT2D eigenvalue weighted by Crippen LogP contribution is 2.39. The van der Waals surface area contributed by atoms with Gasteiger partial charge in [0.1, 0.15) is 30.1 Å². The fourth-order valence-corrected chi connectivity index (χ4v) is 5.99. The number of nitrogens with two attached hydrogens (primary N) is 1. The molecule has 2 atom stereocenters. The predicted molar refractivity (Wildman–Crippen MR) is 154 cm³/mol. The van der Waals surface area contributed by atoms with E-state index in [-0.39, 0.29) is 11.1 Å². The number of nitrogens with one attached hydrogen (secondary N) is 1. The lowest BCUT2D eigenvalue weighted by atomic mass is 9.97. The number of rotatable bonds is 9. The van der Waals surface area contributed by atoms with Gasteiger partial charge in [0.2, 0.25) is 0 Å². The van der Waals surface area contributed by atoms with Crippen LogP contribution in [0.15, 0.2) is 30.6 Å². The first-order chi connectivity index (χ1) is 18.2. The summed E-state index contributed by atoms with van der Waals surface area (Å²) in [5.41, 5.74) is 8.77. The molecule has 1 fully saturated rings. The van der Waals surface area contributed by atoms with Gasteiger partial charge in [0.05, 0.1) is 29.6 Å². The number of aryl methyl sites for hydroxylation is 1.